The first-order valence-electron chi connectivity index (χ1n) is 6.42. The third-order valence-electron chi connectivity index (χ3n) is 3.37. The standard InChI is InChI=1S/C14H15N5O/c15-19-13-8-16-12(7-17-13)14(20)18-11-6-10(11)9-4-2-1-3-5-9/h1-5,7-8,10-11H,6,15H2,(H,17,19)(H,18,20). The molecule has 1 saturated carbocycles. The van der Waals surface area contributed by atoms with Crippen LogP contribution in [-0.2, 0) is 0 Å². The molecule has 0 bridgehead atoms. The molecule has 0 radical (unpaired) electrons. The van der Waals surface area contributed by atoms with Gasteiger partial charge >= 0.3 is 0 Å². The summed E-state index contributed by atoms with van der Waals surface area (Å²) in [5.74, 6) is 5.82. The number of aromatic nitrogens is 2. The van der Waals surface area contributed by atoms with Gasteiger partial charge in [-0.1, -0.05) is 30.3 Å². The second-order valence-corrected chi connectivity index (χ2v) is 4.76. The first kappa shape index (κ1) is 12.6. The van der Waals surface area contributed by atoms with Gasteiger partial charge < -0.3 is 10.7 Å². The van der Waals surface area contributed by atoms with Crippen LogP contribution in [0.25, 0.3) is 0 Å². The van der Waals surface area contributed by atoms with E-state index in [0.29, 0.717) is 17.4 Å². The average molecular weight is 269 g/mol. The summed E-state index contributed by atoms with van der Waals surface area (Å²) >= 11 is 0. The molecule has 1 heterocycles. The Balaban J connectivity index is 1.60. The van der Waals surface area contributed by atoms with Crippen LogP contribution in [-0.4, -0.2) is 21.9 Å². The Kier molecular flexibility index (Phi) is 3.30. The lowest BCUT2D eigenvalue weighted by atomic mass is 10.1. The summed E-state index contributed by atoms with van der Waals surface area (Å²) in [4.78, 5) is 20.0. The number of hydrazine groups is 1. The smallest absolute Gasteiger partial charge is 0.271 e. The summed E-state index contributed by atoms with van der Waals surface area (Å²) in [5.41, 5.74) is 3.92. The van der Waals surface area contributed by atoms with E-state index in [1.807, 2.05) is 18.2 Å². The van der Waals surface area contributed by atoms with Gasteiger partial charge in [-0.05, 0) is 12.0 Å². The number of nitrogens with one attached hydrogen (secondary N) is 2. The van der Waals surface area contributed by atoms with Gasteiger partial charge in [-0.25, -0.2) is 15.8 Å². The van der Waals surface area contributed by atoms with Gasteiger partial charge in [0.05, 0.1) is 12.4 Å². The Morgan fingerprint density at radius 3 is 2.65 bits per heavy atom. The number of carbonyl (C=O) groups is 1. The van der Waals surface area contributed by atoms with Gasteiger partial charge in [0.1, 0.15) is 5.69 Å². The second-order valence-electron chi connectivity index (χ2n) is 4.76. The molecule has 2 atom stereocenters. The third-order valence-corrected chi connectivity index (χ3v) is 3.37. The van der Waals surface area contributed by atoms with Crippen molar-refractivity contribution < 1.29 is 4.79 Å². The molecule has 1 aliphatic carbocycles. The molecule has 6 heteroatoms. The fourth-order valence-electron chi connectivity index (χ4n) is 2.19. The van der Waals surface area contributed by atoms with Crippen LogP contribution < -0.4 is 16.6 Å². The molecule has 2 unspecified atom stereocenters. The van der Waals surface area contributed by atoms with Gasteiger partial charge in [0, 0.05) is 12.0 Å². The molecule has 1 aromatic carbocycles. The molecule has 4 N–H and O–H groups in total. The van der Waals surface area contributed by atoms with E-state index in [1.54, 1.807) is 0 Å². The number of amides is 1. The van der Waals surface area contributed by atoms with E-state index in [0.717, 1.165) is 6.42 Å². The maximum Gasteiger partial charge on any atom is 0.271 e. The SMILES string of the molecule is NNc1cnc(C(=O)NC2CC2c2ccccc2)cn1. The topological polar surface area (TPSA) is 92.9 Å². The summed E-state index contributed by atoms with van der Waals surface area (Å²) < 4.78 is 0. The number of nitrogens with two attached hydrogens (primary N) is 1. The summed E-state index contributed by atoms with van der Waals surface area (Å²) in [7, 11) is 0. The Morgan fingerprint density at radius 2 is 2.00 bits per heavy atom. The van der Waals surface area contributed by atoms with Gasteiger partial charge in [0.15, 0.2) is 5.82 Å². The van der Waals surface area contributed by atoms with Gasteiger partial charge in [0.2, 0.25) is 0 Å². The number of nitrogen functional groups attached to an aromatic ring is 1. The number of hydrogen-bond donors (Lipinski definition) is 3. The predicted octanol–water partition coefficient (Wildman–Crippen LogP) is 1.05. The fraction of sp³-hybridized carbons (Fsp3) is 0.214. The summed E-state index contributed by atoms with van der Waals surface area (Å²) in [6.07, 6.45) is 3.80. The number of carbonyl (C=O) groups excluding carboxylic acids is 1. The zero-order chi connectivity index (χ0) is 13.9. The highest BCUT2D eigenvalue weighted by Crippen LogP contribution is 2.40. The van der Waals surface area contributed by atoms with Crippen molar-refractivity contribution >= 4 is 11.7 Å². The van der Waals surface area contributed by atoms with Gasteiger partial charge in [-0.3, -0.25) is 4.79 Å². The van der Waals surface area contributed by atoms with Crippen molar-refractivity contribution in [3.8, 4) is 0 Å². The minimum Gasteiger partial charge on any atom is -0.347 e. The molecule has 2 aromatic rings. The Morgan fingerprint density at radius 1 is 1.20 bits per heavy atom. The van der Waals surface area contributed by atoms with Crippen molar-refractivity contribution in [1.82, 2.24) is 15.3 Å². The first-order chi connectivity index (χ1) is 9.78. The largest absolute Gasteiger partial charge is 0.347 e. The van der Waals surface area contributed by atoms with Crippen molar-refractivity contribution in [2.45, 2.75) is 18.4 Å². The molecular formula is C14H15N5O. The number of nitrogens with zero attached hydrogens (tertiary/aromatic N) is 2. The van der Waals surface area contributed by atoms with Crippen molar-refractivity contribution in [3.63, 3.8) is 0 Å². The van der Waals surface area contributed by atoms with Crippen LogP contribution in [0.2, 0.25) is 0 Å². The monoisotopic (exact) mass is 269 g/mol. The van der Waals surface area contributed by atoms with Crippen molar-refractivity contribution in [2.75, 3.05) is 5.43 Å². The zero-order valence-electron chi connectivity index (χ0n) is 10.8. The molecule has 0 aliphatic heterocycles. The maximum absolute atomic E-state index is 12.0. The van der Waals surface area contributed by atoms with E-state index in [4.69, 9.17) is 5.84 Å². The minimum absolute atomic E-state index is 0.180. The van der Waals surface area contributed by atoms with Crippen LogP contribution in [0.15, 0.2) is 42.7 Å². The molecule has 1 aromatic heterocycles. The maximum atomic E-state index is 12.0. The lowest BCUT2D eigenvalue weighted by Gasteiger charge is -2.05. The van der Waals surface area contributed by atoms with Crippen LogP contribution in [0.3, 0.4) is 0 Å². The number of benzene rings is 1. The van der Waals surface area contributed by atoms with Gasteiger partial charge in [-0.2, -0.15) is 0 Å². The molecule has 0 spiro atoms. The molecule has 3 rings (SSSR count). The quantitative estimate of drug-likeness (QED) is 0.570. The van der Waals surface area contributed by atoms with E-state index in [-0.39, 0.29) is 11.9 Å². The van der Waals surface area contributed by atoms with E-state index in [1.165, 1.54) is 18.0 Å². The molecule has 1 amide bonds. The lowest BCUT2D eigenvalue weighted by molar-refractivity contribution is 0.0945. The molecule has 20 heavy (non-hydrogen) atoms. The Hall–Kier alpha value is -2.47. The van der Waals surface area contributed by atoms with Crippen LogP contribution in [0, 0.1) is 0 Å². The van der Waals surface area contributed by atoms with Gasteiger partial charge in [0.25, 0.3) is 5.91 Å². The lowest BCUT2D eigenvalue weighted by Crippen LogP contribution is -2.27. The molecular weight excluding hydrogens is 254 g/mol. The van der Waals surface area contributed by atoms with Crippen molar-refractivity contribution in [1.29, 1.82) is 0 Å². The van der Waals surface area contributed by atoms with E-state index in [2.05, 4.69) is 32.8 Å². The van der Waals surface area contributed by atoms with E-state index in [9.17, 15) is 4.79 Å². The molecule has 0 saturated heterocycles. The number of anilines is 1. The molecule has 102 valence electrons. The third kappa shape index (κ3) is 2.60. The summed E-state index contributed by atoms with van der Waals surface area (Å²) in [6.45, 7) is 0. The number of hydrogen-bond acceptors (Lipinski definition) is 5. The zero-order valence-corrected chi connectivity index (χ0v) is 10.8. The molecule has 6 nitrogen and oxygen atoms in total. The van der Waals surface area contributed by atoms with E-state index < -0.39 is 0 Å². The minimum atomic E-state index is -0.204. The van der Waals surface area contributed by atoms with Crippen LogP contribution in [0.1, 0.15) is 28.4 Å². The number of rotatable bonds is 4. The highest BCUT2D eigenvalue weighted by atomic mass is 16.2. The van der Waals surface area contributed by atoms with Crippen LogP contribution >= 0.6 is 0 Å². The highest BCUT2D eigenvalue weighted by molar-refractivity contribution is 5.92. The first-order valence-corrected chi connectivity index (χ1v) is 6.42. The van der Waals surface area contributed by atoms with Gasteiger partial charge in [-0.15, -0.1) is 0 Å². The normalized spacial score (nSPS) is 20.2. The van der Waals surface area contributed by atoms with Crippen molar-refractivity contribution in [3.05, 3.63) is 54.0 Å². The van der Waals surface area contributed by atoms with Crippen LogP contribution in [0.5, 0.6) is 0 Å². The van der Waals surface area contributed by atoms with E-state index >= 15 is 0 Å². The summed E-state index contributed by atoms with van der Waals surface area (Å²) in [6, 6.07) is 10.4. The van der Waals surface area contributed by atoms with Crippen LogP contribution in [0.4, 0.5) is 5.82 Å². The highest BCUT2D eigenvalue weighted by Gasteiger charge is 2.39. The average Bonchev–Trinajstić information content (AvgIpc) is 3.27. The molecule has 1 fully saturated rings. The van der Waals surface area contributed by atoms with Crippen molar-refractivity contribution in [2.24, 2.45) is 5.84 Å². The fourth-order valence-corrected chi connectivity index (χ4v) is 2.19. The Labute approximate surface area is 116 Å². The second kappa shape index (κ2) is 5.26. The predicted molar refractivity (Wildman–Crippen MR) is 74.9 cm³/mol. The Bertz CT molecular complexity index is 599. The molecule has 1 aliphatic rings. The summed E-state index contributed by atoms with van der Waals surface area (Å²) in [5, 5.41) is 2.96.